The summed E-state index contributed by atoms with van der Waals surface area (Å²) < 4.78 is 19.9. The third-order valence-corrected chi connectivity index (χ3v) is 6.99. The molecule has 0 heterocycles. The van der Waals surface area contributed by atoms with Gasteiger partial charge in [-0.2, -0.15) is 0 Å². The molecule has 21 heavy (non-hydrogen) atoms. The van der Waals surface area contributed by atoms with Crippen LogP contribution < -0.4 is 0 Å². The normalized spacial score (nSPS) is 35.1. The molecule has 3 rings (SSSR count). The minimum atomic E-state index is -0.193. The van der Waals surface area contributed by atoms with Crippen LogP contribution in [0.4, 0.5) is 4.39 Å². The molecule has 116 valence electrons. The summed E-state index contributed by atoms with van der Waals surface area (Å²) in [5, 5.41) is 0.703. The summed E-state index contributed by atoms with van der Waals surface area (Å²) in [6, 6.07) is 6.79. The zero-order valence-corrected chi connectivity index (χ0v) is 14.6. The average Bonchev–Trinajstić information content (AvgIpc) is 2.77. The smallest absolute Gasteiger partial charge is 0.123 e. The molecule has 2 aliphatic rings. The third-order valence-electron chi connectivity index (χ3n) is 6.40. The highest BCUT2D eigenvalue weighted by Gasteiger charge is 2.62. The van der Waals surface area contributed by atoms with Crippen LogP contribution in [0.15, 0.2) is 24.3 Å². The second-order valence-electron chi connectivity index (χ2n) is 7.43. The van der Waals surface area contributed by atoms with Crippen molar-refractivity contribution in [3.8, 4) is 0 Å². The van der Waals surface area contributed by atoms with Crippen LogP contribution in [-0.4, -0.2) is 11.4 Å². The third kappa shape index (κ3) is 2.37. The lowest BCUT2D eigenvalue weighted by Gasteiger charge is -2.40. The van der Waals surface area contributed by atoms with E-state index in [0.29, 0.717) is 10.7 Å². The van der Waals surface area contributed by atoms with Gasteiger partial charge in [0.1, 0.15) is 5.82 Å². The summed E-state index contributed by atoms with van der Waals surface area (Å²) in [6.07, 6.45) is 3.91. The Morgan fingerprint density at radius 3 is 2.67 bits per heavy atom. The number of halogens is 2. The van der Waals surface area contributed by atoms with Gasteiger partial charge in [0.25, 0.3) is 0 Å². The molecule has 0 aliphatic heterocycles. The average molecular weight is 355 g/mol. The molecule has 2 aliphatic carbocycles. The van der Waals surface area contributed by atoms with E-state index in [2.05, 4.69) is 36.7 Å². The first kappa shape index (κ1) is 15.5. The van der Waals surface area contributed by atoms with Crippen molar-refractivity contribution < 1.29 is 9.13 Å². The lowest BCUT2D eigenvalue weighted by molar-refractivity contribution is -0.0798. The Kier molecular flexibility index (Phi) is 3.94. The van der Waals surface area contributed by atoms with E-state index < -0.39 is 0 Å². The summed E-state index contributed by atoms with van der Waals surface area (Å²) in [7, 11) is 0. The Balaban J connectivity index is 1.80. The predicted octanol–water partition coefficient (Wildman–Crippen LogP) is 5.49. The fraction of sp³-hybridized carbons (Fsp3) is 0.667. The number of alkyl halides is 1. The van der Waals surface area contributed by atoms with Crippen molar-refractivity contribution in [3.05, 3.63) is 35.6 Å². The Labute approximate surface area is 135 Å². The van der Waals surface area contributed by atoms with Gasteiger partial charge < -0.3 is 4.74 Å². The van der Waals surface area contributed by atoms with Gasteiger partial charge >= 0.3 is 0 Å². The van der Waals surface area contributed by atoms with Crippen molar-refractivity contribution in [1.29, 1.82) is 0 Å². The fourth-order valence-corrected chi connectivity index (χ4v) is 4.97. The largest absolute Gasteiger partial charge is 0.369 e. The second-order valence-corrected chi connectivity index (χ2v) is 8.08. The van der Waals surface area contributed by atoms with Gasteiger partial charge in [0.05, 0.1) is 12.2 Å². The first-order valence-electron chi connectivity index (χ1n) is 7.85. The van der Waals surface area contributed by atoms with Crippen LogP contribution in [-0.2, 0) is 4.74 Å². The summed E-state index contributed by atoms with van der Waals surface area (Å²) in [6.45, 7) is 7.15. The Hall–Kier alpha value is -0.410. The molecular weight excluding hydrogens is 331 g/mol. The van der Waals surface area contributed by atoms with Crippen LogP contribution >= 0.6 is 15.9 Å². The Morgan fingerprint density at radius 2 is 2.14 bits per heavy atom. The van der Waals surface area contributed by atoms with Gasteiger partial charge in [-0.05, 0) is 53.7 Å². The second kappa shape index (κ2) is 5.34. The van der Waals surface area contributed by atoms with Crippen molar-refractivity contribution in [2.75, 3.05) is 5.33 Å². The van der Waals surface area contributed by atoms with Crippen LogP contribution in [0.5, 0.6) is 0 Å². The molecule has 0 radical (unpaired) electrons. The highest BCUT2D eigenvalue weighted by atomic mass is 79.9. The summed E-state index contributed by atoms with van der Waals surface area (Å²) in [5.41, 5.74) is 1.51. The number of hydrogen-bond acceptors (Lipinski definition) is 1. The van der Waals surface area contributed by atoms with Crippen molar-refractivity contribution in [3.63, 3.8) is 0 Å². The summed E-state index contributed by atoms with van der Waals surface area (Å²) in [5.74, 6) is 0.567. The molecular formula is C18H24BrFO. The summed E-state index contributed by atoms with van der Waals surface area (Å²) >= 11 is 3.54. The van der Waals surface area contributed by atoms with Gasteiger partial charge in [-0.25, -0.2) is 4.39 Å². The number of fused-ring (bicyclic) bond motifs is 2. The zero-order chi connectivity index (χ0) is 15.3. The van der Waals surface area contributed by atoms with E-state index in [-0.39, 0.29) is 23.4 Å². The van der Waals surface area contributed by atoms with E-state index in [1.165, 1.54) is 18.9 Å². The summed E-state index contributed by atoms with van der Waals surface area (Å²) in [4.78, 5) is 0. The van der Waals surface area contributed by atoms with Crippen molar-refractivity contribution >= 4 is 15.9 Å². The van der Waals surface area contributed by atoms with Gasteiger partial charge in [0, 0.05) is 5.33 Å². The molecule has 0 aromatic heterocycles. The molecule has 2 bridgehead atoms. The zero-order valence-electron chi connectivity index (χ0n) is 13.0. The minimum Gasteiger partial charge on any atom is -0.369 e. The minimum absolute atomic E-state index is 0.0716. The van der Waals surface area contributed by atoms with Gasteiger partial charge in [0.2, 0.25) is 0 Å². The van der Waals surface area contributed by atoms with Gasteiger partial charge in [0.15, 0.2) is 0 Å². The van der Waals surface area contributed by atoms with Crippen LogP contribution in [0.1, 0.15) is 51.7 Å². The lowest BCUT2D eigenvalue weighted by Crippen LogP contribution is -2.38. The van der Waals surface area contributed by atoms with Crippen molar-refractivity contribution in [1.82, 2.24) is 0 Å². The number of ether oxygens (including phenoxy) is 1. The van der Waals surface area contributed by atoms with Crippen LogP contribution in [0.3, 0.4) is 0 Å². The quantitative estimate of drug-likeness (QED) is 0.649. The van der Waals surface area contributed by atoms with Gasteiger partial charge in [-0.3, -0.25) is 0 Å². The standard InChI is InChI=1S/C18H24BrFO/c1-17(2)13-7-8-18(17,3)16(10-13)21-15(11-19)12-5-4-6-14(20)9-12/h4-6,9,13,15-16H,7-8,10-11H2,1-3H3. The molecule has 0 saturated heterocycles. The van der Waals surface area contributed by atoms with Crippen molar-refractivity contribution in [2.24, 2.45) is 16.7 Å². The highest BCUT2D eigenvalue weighted by molar-refractivity contribution is 9.09. The van der Waals surface area contributed by atoms with Crippen LogP contribution in [0.2, 0.25) is 0 Å². The first-order valence-corrected chi connectivity index (χ1v) is 8.97. The maximum atomic E-state index is 13.5. The topological polar surface area (TPSA) is 9.23 Å². The number of rotatable bonds is 4. The molecule has 2 fully saturated rings. The van der Waals surface area contributed by atoms with E-state index >= 15 is 0 Å². The molecule has 4 unspecified atom stereocenters. The van der Waals surface area contributed by atoms with E-state index in [9.17, 15) is 4.39 Å². The van der Waals surface area contributed by atoms with E-state index in [1.807, 2.05) is 6.07 Å². The lowest BCUT2D eigenvalue weighted by atomic mass is 9.70. The molecule has 0 N–H and O–H groups in total. The SMILES string of the molecule is CC1(C)C2CCC1(C)C(OC(CBr)c1cccc(F)c1)C2. The van der Waals surface area contributed by atoms with Crippen molar-refractivity contribution in [2.45, 2.75) is 52.2 Å². The first-order chi connectivity index (χ1) is 9.88. The molecule has 1 nitrogen and oxygen atoms in total. The van der Waals surface area contributed by atoms with Crippen LogP contribution in [0, 0.1) is 22.6 Å². The Bertz CT molecular complexity index is 530. The molecule has 3 heteroatoms. The molecule has 2 saturated carbocycles. The molecule has 1 aromatic rings. The van der Waals surface area contributed by atoms with Crippen LogP contribution in [0.25, 0.3) is 0 Å². The van der Waals surface area contributed by atoms with Gasteiger partial charge in [-0.15, -0.1) is 0 Å². The molecule has 1 aromatic carbocycles. The number of hydrogen-bond donors (Lipinski definition) is 0. The fourth-order valence-electron chi connectivity index (χ4n) is 4.45. The van der Waals surface area contributed by atoms with E-state index in [1.54, 1.807) is 12.1 Å². The monoisotopic (exact) mass is 354 g/mol. The van der Waals surface area contributed by atoms with E-state index in [4.69, 9.17) is 4.74 Å². The Morgan fingerprint density at radius 1 is 1.38 bits per heavy atom. The van der Waals surface area contributed by atoms with Gasteiger partial charge in [-0.1, -0.05) is 48.8 Å². The predicted molar refractivity (Wildman–Crippen MR) is 87.0 cm³/mol. The molecule has 0 amide bonds. The molecule has 0 spiro atoms. The van der Waals surface area contributed by atoms with E-state index in [0.717, 1.165) is 17.9 Å². The highest BCUT2D eigenvalue weighted by Crippen LogP contribution is 2.66. The maximum absolute atomic E-state index is 13.5. The maximum Gasteiger partial charge on any atom is 0.123 e. The molecule has 4 atom stereocenters. The number of benzene rings is 1.